The molecule has 0 N–H and O–H groups in total. The Hall–Kier alpha value is -3.20. The number of nitrogens with zero attached hydrogens (tertiary/aromatic N) is 4. The van der Waals surface area contributed by atoms with Gasteiger partial charge >= 0.3 is 5.97 Å². The van der Waals surface area contributed by atoms with Crippen LogP contribution in [0.25, 0.3) is 6.08 Å². The molecule has 3 atom stereocenters. The van der Waals surface area contributed by atoms with Crippen molar-refractivity contribution in [3.8, 4) is 5.75 Å². The predicted molar refractivity (Wildman–Crippen MR) is 115 cm³/mol. The van der Waals surface area contributed by atoms with E-state index in [0.717, 1.165) is 23.4 Å². The summed E-state index contributed by atoms with van der Waals surface area (Å²) in [5.41, 5.74) is 1.29. The highest BCUT2D eigenvalue weighted by Crippen LogP contribution is 2.47. The van der Waals surface area contributed by atoms with Crippen LogP contribution in [-0.2, 0) is 16.1 Å². The van der Waals surface area contributed by atoms with Gasteiger partial charge in [0.1, 0.15) is 11.7 Å². The average Bonchev–Trinajstić information content (AvgIpc) is 3.25. The number of benzene rings is 1. The van der Waals surface area contributed by atoms with Crippen LogP contribution in [0.4, 0.5) is 0 Å². The lowest BCUT2D eigenvalue weighted by Gasteiger charge is -2.44. The largest absolute Gasteiger partial charge is 0.469 e. The minimum absolute atomic E-state index is 0.190. The van der Waals surface area contributed by atoms with Crippen molar-refractivity contribution >= 4 is 23.4 Å². The van der Waals surface area contributed by atoms with Crippen molar-refractivity contribution in [2.45, 2.75) is 39.1 Å². The van der Waals surface area contributed by atoms with E-state index in [1.54, 1.807) is 17.7 Å². The van der Waals surface area contributed by atoms with Crippen molar-refractivity contribution in [2.75, 3.05) is 7.11 Å². The summed E-state index contributed by atoms with van der Waals surface area (Å²) < 4.78 is 15.3. The van der Waals surface area contributed by atoms with Crippen LogP contribution in [0, 0.1) is 12.8 Å². The molecule has 2 bridgehead atoms. The first kappa shape index (κ1) is 19.7. The van der Waals surface area contributed by atoms with Crippen LogP contribution in [-0.4, -0.2) is 33.2 Å². The van der Waals surface area contributed by atoms with Gasteiger partial charge in [-0.3, -0.25) is 18.8 Å². The summed E-state index contributed by atoms with van der Waals surface area (Å²) in [5.74, 6) is -0.613. The molecule has 0 aliphatic carbocycles. The second-order valence-electron chi connectivity index (χ2n) is 7.82. The molecule has 8 nitrogen and oxygen atoms in total. The van der Waals surface area contributed by atoms with Gasteiger partial charge in [-0.05, 0) is 32.9 Å². The zero-order valence-electron chi connectivity index (χ0n) is 17.7. The molecule has 9 heteroatoms. The molecular formula is C22H22N4O4S. The Morgan fingerprint density at radius 2 is 2.16 bits per heavy atom. The van der Waals surface area contributed by atoms with E-state index in [-0.39, 0.29) is 5.56 Å². The number of carbonyl (C=O) groups excluding carboxylic acids is 1. The van der Waals surface area contributed by atoms with Gasteiger partial charge in [-0.1, -0.05) is 29.5 Å². The Labute approximate surface area is 182 Å². The minimum atomic E-state index is -1.16. The third kappa shape index (κ3) is 2.79. The molecule has 5 rings (SSSR count). The van der Waals surface area contributed by atoms with Crippen LogP contribution < -0.4 is 19.6 Å². The highest BCUT2D eigenvalue weighted by atomic mass is 32.1. The van der Waals surface area contributed by atoms with Gasteiger partial charge in [0.25, 0.3) is 5.56 Å². The van der Waals surface area contributed by atoms with Crippen LogP contribution in [0.3, 0.4) is 0 Å². The van der Waals surface area contributed by atoms with Crippen LogP contribution in [0.1, 0.15) is 36.7 Å². The van der Waals surface area contributed by atoms with Crippen molar-refractivity contribution in [3.05, 3.63) is 67.0 Å². The number of carbonyl (C=O) groups is 1. The quantitative estimate of drug-likeness (QED) is 0.577. The number of aryl methyl sites for hydroxylation is 1. The average molecular weight is 439 g/mol. The number of hydrogen-bond acceptors (Lipinski definition) is 7. The second kappa shape index (κ2) is 6.91. The molecule has 0 saturated heterocycles. The van der Waals surface area contributed by atoms with Crippen molar-refractivity contribution in [1.82, 2.24) is 14.3 Å². The van der Waals surface area contributed by atoms with E-state index >= 15 is 0 Å². The first-order valence-corrected chi connectivity index (χ1v) is 10.9. The summed E-state index contributed by atoms with van der Waals surface area (Å²) in [6.45, 7) is 6.52. The van der Waals surface area contributed by atoms with E-state index in [0.29, 0.717) is 15.1 Å². The molecule has 0 unspecified atom stereocenters. The molecule has 2 aliphatic rings. The Balaban J connectivity index is 1.78. The summed E-state index contributed by atoms with van der Waals surface area (Å²) in [4.78, 5) is 31.6. The molecule has 3 aromatic rings. The van der Waals surface area contributed by atoms with Gasteiger partial charge in [-0.2, -0.15) is 5.10 Å². The number of thiazole rings is 1. The van der Waals surface area contributed by atoms with Crippen molar-refractivity contribution in [3.63, 3.8) is 0 Å². The molecule has 160 valence electrons. The highest BCUT2D eigenvalue weighted by Gasteiger charge is 2.55. The lowest BCUT2D eigenvalue weighted by molar-refractivity contribution is -0.158. The number of aromatic nitrogens is 3. The fraction of sp³-hybridized carbons (Fsp3) is 0.364. The molecule has 0 saturated carbocycles. The molecule has 4 heterocycles. The number of hydrogen-bond donors (Lipinski definition) is 0. The third-order valence-corrected chi connectivity index (χ3v) is 7.05. The van der Waals surface area contributed by atoms with Crippen LogP contribution >= 0.6 is 11.3 Å². The zero-order valence-corrected chi connectivity index (χ0v) is 18.5. The van der Waals surface area contributed by atoms with E-state index in [9.17, 15) is 9.59 Å². The molecule has 0 amide bonds. The zero-order chi connectivity index (χ0) is 21.9. The molecule has 2 aromatic heterocycles. The highest BCUT2D eigenvalue weighted by molar-refractivity contribution is 7.07. The standard InChI is InChI=1S/C22H22N4O4S/c1-5-25-12(2)13(11-23-25)10-16-19(27)26-18-14-8-6-7-9-15(14)30-22(3,24-21(26)31-16)17(18)20(28)29-4/h6-11,17-18H,5H2,1-4H3/b16-10+/t17-,18-,22-/m0/s1. The second-order valence-corrected chi connectivity index (χ2v) is 8.83. The fourth-order valence-electron chi connectivity index (χ4n) is 4.49. The topological polar surface area (TPSA) is 87.7 Å². The smallest absolute Gasteiger partial charge is 0.317 e. The Morgan fingerprint density at radius 3 is 2.87 bits per heavy atom. The Morgan fingerprint density at radius 1 is 1.39 bits per heavy atom. The molecular weight excluding hydrogens is 416 g/mol. The normalized spacial score (nSPS) is 24.1. The van der Waals surface area contributed by atoms with E-state index in [4.69, 9.17) is 14.5 Å². The van der Waals surface area contributed by atoms with Gasteiger partial charge in [0, 0.05) is 23.4 Å². The maximum absolute atomic E-state index is 13.5. The Bertz CT molecular complexity index is 1390. The molecule has 31 heavy (non-hydrogen) atoms. The van der Waals surface area contributed by atoms with E-state index in [2.05, 4.69) is 5.10 Å². The minimum Gasteiger partial charge on any atom is -0.469 e. The summed E-state index contributed by atoms with van der Waals surface area (Å²) >= 11 is 1.29. The van der Waals surface area contributed by atoms with Crippen LogP contribution in [0.5, 0.6) is 5.75 Å². The van der Waals surface area contributed by atoms with E-state index < -0.39 is 23.7 Å². The summed E-state index contributed by atoms with van der Waals surface area (Å²) in [5, 5.41) is 4.36. The summed E-state index contributed by atoms with van der Waals surface area (Å²) in [6, 6.07) is 6.90. The molecule has 2 aliphatic heterocycles. The van der Waals surface area contributed by atoms with Crippen molar-refractivity contribution in [2.24, 2.45) is 10.9 Å². The first-order chi connectivity index (χ1) is 14.9. The maximum Gasteiger partial charge on any atom is 0.317 e. The monoisotopic (exact) mass is 438 g/mol. The Kier molecular flexibility index (Phi) is 4.40. The predicted octanol–water partition coefficient (Wildman–Crippen LogP) is 1.38. The number of esters is 1. The van der Waals surface area contributed by atoms with Gasteiger partial charge < -0.3 is 9.47 Å². The fourth-order valence-corrected chi connectivity index (χ4v) is 5.58. The van der Waals surface area contributed by atoms with Gasteiger partial charge in [0.2, 0.25) is 5.72 Å². The number of methoxy groups -OCH3 is 1. The number of rotatable bonds is 3. The molecule has 0 fully saturated rings. The number of ether oxygens (including phenoxy) is 2. The summed E-state index contributed by atoms with van der Waals surface area (Å²) in [6.07, 6.45) is 3.60. The van der Waals surface area contributed by atoms with Gasteiger partial charge in [0.15, 0.2) is 4.80 Å². The van der Waals surface area contributed by atoms with E-state index in [1.165, 1.54) is 18.4 Å². The van der Waals surface area contributed by atoms with Gasteiger partial charge in [-0.25, -0.2) is 4.99 Å². The first-order valence-electron chi connectivity index (χ1n) is 10.1. The lowest BCUT2D eigenvalue weighted by Crippen LogP contribution is -2.58. The van der Waals surface area contributed by atoms with Crippen LogP contribution in [0.2, 0.25) is 0 Å². The molecule has 0 spiro atoms. The molecule has 1 aromatic carbocycles. The summed E-state index contributed by atoms with van der Waals surface area (Å²) in [7, 11) is 1.34. The molecule has 0 radical (unpaired) electrons. The lowest BCUT2D eigenvalue weighted by atomic mass is 9.81. The number of para-hydroxylation sites is 1. The van der Waals surface area contributed by atoms with Crippen molar-refractivity contribution < 1.29 is 14.3 Å². The third-order valence-electron chi connectivity index (χ3n) is 6.06. The van der Waals surface area contributed by atoms with Gasteiger partial charge in [-0.15, -0.1) is 0 Å². The van der Waals surface area contributed by atoms with Gasteiger partial charge in [0.05, 0.1) is 23.9 Å². The number of fused-ring (bicyclic) bond motifs is 6. The SMILES string of the molecule is CCn1ncc(/C=c2/sc3n(c2=O)[C@H]2c4ccccc4O[C@](C)(N=3)[C@@H]2C(=O)OC)c1C. The van der Waals surface area contributed by atoms with Crippen molar-refractivity contribution in [1.29, 1.82) is 0 Å². The van der Waals surface area contributed by atoms with E-state index in [1.807, 2.05) is 48.9 Å². The maximum atomic E-state index is 13.5. The van der Waals surface area contributed by atoms with Crippen LogP contribution in [0.15, 0.2) is 40.2 Å².